The number of carbonyl (C=O) groups excluding carboxylic acids is 2. The minimum absolute atomic E-state index is 0.270. The predicted molar refractivity (Wildman–Crippen MR) is 155 cm³/mol. The van der Waals surface area contributed by atoms with Gasteiger partial charge in [-0.2, -0.15) is 5.10 Å². The summed E-state index contributed by atoms with van der Waals surface area (Å²) in [5.74, 6) is -0.790. The molecule has 5 rings (SSSR count). The monoisotopic (exact) mass is 548 g/mol. The summed E-state index contributed by atoms with van der Waals surface area (Å²) in [6.45, 7) is 0. The van der Waals surface area contributed by atoms with E-state index >= 15 is 0 Å². The number of carbonyl (C=O) groups is 2. The molecule has 0 aromatic heterocycles. The lowest BCUT2D eigenvalue weighted by Gasteiger charge is -2.34. The molecule has 0 radical (unpaired) electrons. The van der Waals surface area contributed by atoms with Crippen molar-refractivity contribution < 1.29 is 9.59 Å². The van der Waals surface area contributed by atoms with Crippen LogP contribution in [-0.2, 0) is 11.2 Å². The van der Waals surface area contributed by atoms with Gasteiger partial charge in [-0.15, -0.1) is 23.5 Å². The van der Waals surface area contributed by atoms with Crippen molar-refractivity contribution in [2.45, 2.75) is 29.1 Å². The van der Waals surface area contributed by atoms with Crippen molar-refractivity contribution in [3.05, 3.63) is 87.9 Å². The first-order valence-corrected chi connectivity index (χ1v) is 14.5. The Hall–Kier alpha value is -3.20. The van der Waals surface area contributed by atoms with E-state index in [0.29, 0.717) is 28.4 Å². The highest BCUT2D eigenvalue weighted by Gasteiger charge is 2.31. The summed E-state index contributed by atoms with van der Waals surface area (Å²) in [6, 6.07) is 19.4. The third-order valence-corrected chi connectivity index (χ3v) is 8.29. The molecule has 0 unspecified atom stereocenters. The maximum Gasteiger partial charge on any atom is 0.265 e. The van der Waals surface area contributed by atoms with Gasteiger partial charge in [0.05, 0.1) is 22.0 Å². The number of allylic oxidation sites excluding steroid dienone is 1. The highest BCUT2D eigenvalue weighted by molar-refractivity contribution is 7.98. The number of anilines is 2. The van der Waals surface area contributed by atoms with Gasteiger partial charge in [0.1, 0.15) is 5.71 Å². The number of hydrogen-bond acceptors (Lipinski definition) is 6. The van der Waals surface area contributed by atoms with Crippen LogP contribution in [-0.4, -0.2) is 30.0 Å². The minimum atomic E-state index is -0.520. The molecule has 0 spiro atoms. The number of primary amides is 1. The van der Waals surface area contributed by atoms with E-state index in [1.54, 1.807) is 35.7 Å². The average molecular weight is 549 g/mol. The number of halogens is 1. The van der Waals surface area contributed by atoms with Crippen LogP contribution in [0.1, 0.15) is 34.3 Å². The Bertz CT molecular complexity index is 1470. The molecule has 3 aromatic rings. The predicted octanol–water partition coefficient (Wildman–Crippen LogP) is 6.45. The number of hydrazone groups is 1. The van der Waals surface area contributed by atoms with Crippen LogP contribution in [0.2, 0.25) is 5.02 Å². The van der Waals surface area contributed by atoms with Crippen LogP contribution in [0.15, 0.2) is 81.1 Å². The fraction of sp³-hybridized carbons (Fsp3) is 0.179. The zero-order chi connectivity index (χ0) is 26.1. The summed E-state index contributed by atoms with van der Waals surface area (Å²) in [5, 5.41) is 9.88. The summed E-state index contributed by atoms with van der Waals surface area (Å²) in [4.78, 5) is 27.3. The van der Waals surface area contributed by atoms with Gasteiger partial charge in [-0.3, -0.25) is 9.59 Å². The van der Waals surface area contributed by atoms with E-state index < -0.39 is 5.91 Å². The van der Waals surface area contributed by atoms with E-state index in [1.807, 2.05) is 66.1 Å². The van der Waals surface area contributed by atoms with Crippen LogP contribution in [0.3, 0.4) is 0 Å². The van der Waals surface area contributed by atoms with E-state index in [4.69, 9.17) is 17.3 Å². The van der Waals surface area contributed by atoms with Gasteiger partial charge in [0, 0.05) is 27.5 Å². The Morgan fingerprint density at radius 1 is 0.973 bits per heavy atom. The molecule has 188 valence electrons. The van der Waals surface area contributed by atoms with Crippen molar-refractivity contribution in [2.75, 3.05) is 22.8 Å². The summed E-state index contributed by atoms with van der Waals surface area (Å²) >= 11 is 9.54. The Kier molecular flexibility index (Phi) is 7.33. The zero-order valence-corrected chi connectivity index (χ0v) is 22.8. The van der Waals surface area contributed by atoms with E-state index in [2.05, 4.69) is 10.4 Å². The normalized spacial score (nSPS) is 14.6. The topological polar surface area (TPSA) is 87.8 Å². The Labute approximate surface area is 229 Å². The van der Waals surface area contributed by atoms with Gasteiger partial charge >= 0.3 is 0 Å². The molecule has 1 aliphatic carbocycles. The quantitative estimate of drug-likeness (QED) is 0.346. The van der Waals surface area contributed by atoms with Gasteiger partial charge < -0.3 is 11.1 Å². The largest absolute Gasteiger partial charge is 0.364 e. The number of nitrogens with one attached hydrogen (secondary N) is 1. The first-order chi connectivity index (χ1) is 17.9. The number of hydrogen-bond donors (Lipinski definition) is 2. The standard InChI is InChI=1S/C28H25ClN4O2S2/c1-36-20-9-7-19(8-10-20)33-26-17(13-25(32-33)27(30)34)4-3-16-5-6-18(14-22(16)26)31-28(35)23-15-21(37-2)11-12-24(23)29/h5-12,14-15H,3-4,13H2,1-2H3,(H2,30,34)(H,31,35). The fourth-order valence-corrected chi connectivity index (χ4v) is 5.63. The lowest BCUT2D eigenvalue weighted by atomic mass is 9.85. The molecule has 6 nitrogen and oxygen atoms in total. The molecule has 0 fully saturated rings. The number of aryl methyl sites for hydroxylation is 1. The van der Waals surface area contributed by atoms with E-state index in [1.165, 1.54) is 0 Å². The molecule has 3 N–H and O–H groups in total. The third-order valence-electron chi connectivity index (χ3n) is 6.49. The maximum atomic E-state index is 13.1. The van der Waals surface area contributed by atoms with Gasteiger partial charge in [0.2, 0.25) is 0 Å². The second-order valence-electron chi connectivity index (χ2n) is 8.72. The molecular formula is C28H25ClN4O2S2. The maximum absolute atomic E-state index is 13.1. The van der Waals surface area contributed by atoms with Crippen LogP contribution in [0.5, 0.6) is 0 Å². The molecule has 1 aliphatic heterocycles. The van der Waals surface area contributed by atoms with Crippen LogP contribution in [0, 0.1) is 0 Å². The molecule has 37 heavy (non-hydrogen) atoms. The van der Waals surface area contributed by atoms with Crippen molar-refractivity contribution in [1.82, 2.24) is 0 Å². The second kappa shape index (κ2) is 10.7. The fourth-order valence-electron chi connectivity index (χ4n) is 4.58. The summed E-state index contributed by atoms with van der Waals surface area (Å²) in [6.07, 6.45) is 6.03. The van der Waals surface area contributed by atoms with Crippen LogP contribution in [0.4, 0.5) is 11.4 Å². The number of nitrogens with zero attached hydrogens (tertiary/aromatic N) is 2. The molecule has 0 bridgehead atoms. The molecule has 1 heterocycles. The van der Waals surface area contributed by atoms with Crippen LogP contribution in [0.25, 0.3) is 5.70 Å². The summed E-state index contributed by atoms with van der Waals surface area (Å²) in [7, 11) is 0. The molecule has 0 atom stereocenters. The van der Waals surface area contributed by atoms with Gasteiger partial charge in [0.25, 0.3) is 11.8 Å². The lowest BCUT2D eigenvalue weighted by Crippen LogP contribution is -2.33. The van der Waals surface area contributed by atoms with Crippen molar-refractivity contribution >= 4 is 69.7 Å². The van der Waals surface area contributed by atoms with Gasteiger partial charge in [0.15, 0.2) is 0 Å². The molecule has 0 saturated heterocycles. The van der Waals surface area contributed by atoms with E-state index in [-0.39, 0.29) is 5.91 Å². The second-order valence-corrected chi connectivity index (χ2v) is 10.9. The van der Waals surface area contributed by atoms with E-state index in [0.717, 1.165) is 50.7 Å². The first-order valence-electron chi connectivity index (χ1n) is 11.7. The number of nitrogens with two attached hydrogens (primary N) is 1. The SMILES string of the molecule is CSc1ccc(N2N=C(C(N)=O)CC3=C2c2cc(NC(=O)c4cc(SC)ccc4Cl)ccc2CC3)cc1. The van der Waals surface area contributed by atoms with Crippen LogP contribution < -0.4 is 16.1 Å². The van der Waals surface area contributed by atoms with Crippen molar-refractivity contribution in [3.63, 3.8) is 0 Å². The van der Waals surface area contributed by atoms with Gasteiger partial charge in [-0.25, -0.2) is 5.01 Å². The number of thioether (sulfide) groups is 2. The number of amides is 2. The average Bonchev–Trinajstić information content (AvgIpc) is 2.92. The summed E-state index contributed by atoms with van der Waals surface area (Å²) in [5.41, 5.74) is 12.1. The number of fused-ring (bicyclic) bond motifs is 2. The number of benzene rings is 3. The molecule has 3 aromatic carbocycles. The van der Waals surface area contributed by atoms with Crippen molar-refractivity contribution in [2.24, 2.45) is 10.8 Å². The minimum Gasteiger partial charge on any atom is -0.364 e. The van der Waals surface area contributed by atoms with Crippen LogP contribution >= 0.6 is 35.1 Å². The highest BCUT2D eigenvalue weighted by atomic mass is 35.5. The van der Waals surface area contributed by atoms with Gasteiger partial charge in [-0.1, -0.05) is 17.7 Å². The highest BCUT2D eigenvalue weighted by Crippen LogP contribution is 2.42. The molecular weight excluding hydrogens is 524 g/mol. The molecule has 2 amide bonds. The molecule has 9 heteroatoms. The van der Waals surface area contributed by atoms with E-state index in [9.17, 15) is 9.59 Å². The Balaban J connectivity index is 1.53. The zero-order valence-electron chi connectivity index (χ0n) is 20.4. The summed E-state index contributed by atoms with van der Waals surface area (Å²) < 4.78 is 0. The number of rotatable bonds is 6. The molecule has 0 saturated carbocycles. The Morgan fingerprint density at radius 3 is 2.41 bits per heavy atom. The van der Waals surface area contributed by atoms with Crippen molar-refractivity contribution in [3.8, 4) is 0 Å². The van der Waals surface area contributed by atoms with Crippen molar-refractivity contribution in [1.29, 1.82) is 0 Å². The third kappa shape index (κ3) is 5.14. The Morgan fingerprint density at radius 2 is 1.70 bits per heavy atom. The smallest absolute Gasteiger partial charge is 0.265 e. The first kappa shape index (κ1) is 25.4. The van der Waals surface area contributed by atoms with Gasteiger partial charge in [-0.05, 0) is 91.1 Å². The lowest BCUT2D eigenvalue weighted by molar-refractivity contribution is -0.112. The molecule has 2 aliphatic rings.